The van der Waals surface area contributed by atoms with Crippen molar-refractivity contribution in [1.29, 1.82) is 0 Å². The van der Waals surface area contributed by atoms with Gasteiger partial charge in [-0.05, 0) is 6.42 Å². The lowest BCUT2D eigenvalue weighted by molar-refractivity contribution is -0.169. The van der Waals surface area contributed by atoms with Gasteiger partial charge in [0, 0.05) is 0 Å². The first kappa shape index (κ1) is 14.1. The summed E-state index contributed by atoms with van der Waals surface area (Å²) in [7, 11) is 1.22. The number of likely N-dealkylation sites (tertiary alicyclic amines) is 1. The second-order valence-electron chi connectivity index (χ2n) is 4.08. The highest BCUT2D eigenvalue weighted by molar-refractivity contribution is 6.04. The molecule has 100 valence electrons. The van der Waals surface area contributed by atoms with Crippen molar-refractivity contribution in [3.8, 4) is 0 Å². The molecule has 0 aromatic carbocycles. The van der Waals surface area contributed by atoms with Crippen molar-refractivity contribution in [2.75, 3.05) is 7.11 Å². The van der Waals surface area contributed by atoms with E-state index in [9.17, 15) is 19.2 Å². The van der Waals surface area contributed by atoms with Crippen LogP contribution in [0.2, 0.25) is 0 Å². The Hall–Kier alpha value is -1.92. The van der Waals surface area contributed by atoms with Gasteiger partial charge in [0.15, 0.2) is 5.78 Å². The minimum atomic E-state index is -0.789. The summed E-state index contributed by atoms with van der Waals surface area (Å²) in [5.74, 6) is -2.05. The molecular weight excluding hydrogens is 240 g/mol. The lowest BCUT2D eigenvalue weighted by Crippen LogP contribution is -2.63. The van der Waals surface area contributed by atoms with Crippen molar-refractivity contribution in [3.05, 3.63) is 0 Å². The molecule has 2 N–H and O–H groups in total. The van der Waals surface area contributed by atoms with Crippen LogP contribution in [-0.4, -0.2) is 47.7 Å². The number of Topliss-reactive ketones (excluding diaryl/α,β-unsaturated/α-hetero) is 1. The predicted octanol–water partition coefficient (Wildman–Crippen LogP) is -1.02. The van der Waals surface area contributed by atoms with Gasteiger partial charge >= 0.3 is 5.97 Å². The number of carbonyl (C=O) groups excluding carboxylic acids is 4. The molecule has 1 fully saturated rings. The Morgan fingerprint density at radius 2 is 2.11 bits per heavy atom. The van der Waals surface area contributed by atoms with E-state index < -0.39 is 36.2 Å². The van der Waals surface area contributed by atoms with Gasteiger partial charge in [-0.1, -0.05) is 6.92 Å². The van der Waals surface area contributed by atoms with Crippen LogP contribution >= 0.6 is 0 Å². The van der Waals surface area contributed by atoms with Crippen LogP contribution in [0.15, 0.2) is 0 Å². The fraction of sp³-hybridized carbons (Fsp3) is 0.636. The van der Waals surface area contributed by atoms with Crippen molar-refractivity contribution >= 4 is 23.6 Å². The molecule has 7 heteroatoms. The smallest absolute Gasteiger partial charge is 0.329 e. The van der Waals surface area contributed by atoms with Gasteiger partial charge in [-0.25, -0.2) is 4.79 Å². The molecule has 1 saturated heterocycles. The van der Waals surface area contributed by atoms with Gasteiger partial charge in [0.1, 0.15) is 6.04 Å². The predicted molar refractivity (Wildman–Crippen MR) is 60.2 cm³/mol. The van der Waals surface area contributed by atoms with Crippen molar-refractivity contribution < 1.29 is 23.9 Å². The molecule has 1 aliphatic heterocycles. The number of nitrogens with zero attached hydrogens (tertiary/aromatic N) is 1. The Balaban J connectivity index is 2.80. The molecule has 0 aromatic heterocycles. The Morgan fingerprint density at radius 1 is 1.50 bits per heavy atom. The average molecular weight is 256 g/mol. The Bertz CT molecular complexity index is 393. The van der Waals surface area contributed by atoms with E-state index in [2.05, 4.69) is 4.74 Å². The maximum Gasteiger partial charge on any atom is 0.329 e. The standard InChI is InChI=1S/C11H16N2O5/c1-3-6(8(14)5-9(12)15)13-7(4-10(13)16)11(17)18-2/h6-7H,3-5H2,1-2H3,(H2,12,15)/t6-,7-/m0/s1. The molecule has 1 rings (SSSR count). The van der Waals surface area contributed by atoms with E-state index in [1.54, 1.807) is 6.92 Å². The number of hydrogen-bond acceptors (Lipinski definition) is 5. The van der Waals surface area contributed by atoms with E-state index >= 15 is 0 Å². The quantitative estimate of drug-likeness (QED) is 0.372. The summed E-state index contributed by atoms with van der Waals surface area (Å²) in [5.41, 5.74) is 4.95. The fourth-order valence-electron chi connectivity index (χ4n) is 2.02. The number of ketones is 1. The Labute approximate surface area is 104 Å². The molecule has 0 saturated carbocycles. The monoisotopic (exact) mass is 256 g/mol. The van der Waals surface area contributed by atoms with Gasteiger partial charge in [-0.15, -0.1) is 0 Å². The second kappa shape index (κ2) is 5.61. The fourth-order valence-corrected chi connectivity index (χ4v) is 2.02. The number of primary amides is 1. The van der Waals surface area contributed by atoms with Crippen molar-refractivity contribution in [3.63, 3.8) is 0 Å². The molecule has 18 heavy (non-hydrogen) atoms. The van der Waals surface area contributed by atoms with E-state index in [-0.39, 0.29) is 12.3 Å². The maximum atomic E-state index is 11.8. The lowest BCUT2D eigenvalue weighted by atomic mass is 9.94. The molecule has 1 heterocycles. The normalized spacial score (nSPS) is 20.0. The highest BCUT2D eigenvalue weighted by atomic mass is 16.5. The molecular formula is C11H16N2O5. The van der Waals surface area contributed by atoms with Gasteiger partial charge < -0.3 is 15.4 Å². The van der Waals surface area contributed by atoms with Crippen molar-refractivity contribution in [1.82, 2.24) is 4.90 Å². The first-order valence-electron chi connectivity index (χ1n) is 5.62. The van der Waals surface area contributed by atoms with E-state index in [1.807, 2.05) is 0 Å². The summed E-state index contributed by atoms with van der Waals surface area (Å²) in [6, 6.07) is -1.52. The number of ether oxygens (including phenoxy) is 1. The van der Waals surface area contributed by atoms with Crippen LogP contribution < -0.4 is 5.73 Å². The number of esters is 1. The van der Waals surface area contributed by atoms with Gasteiger partial charge in [0.2, 0.25) is 11.8 Å². The zero-order valence-electron chi connectivity index (χ0n) is 10.3. The van der Waals surface area contributed by atoms with Crippen LogP contribution in [0.3, 0.4) is 0 Å². The second-order valence-corrected chi connectivity index (χ2v) is 4.08. The zero-order chi connectivity index (χ0) is 13.9. The largest absolute Gasteiger partial charge is 0.467 e. The van der Waals surface area contributed by atoms with Crippen molar-refractivity contribution in [2.24, 2.45) is 5.73 Å². The third-order valence-electron chi connectivity index (χ3n) is 2.91. The topological polar surface area (TPSA) is 107 Å². The SMILES string of the molecule is CC[C@@H](C(=O)CC(N)=O)N1C(=O)C[C@H]1C(=O)OC. The number of carbonyl (C=O) groups is 4. The number of nitrogens with two attached hydrogens (primary N) is 1. The first-order chi connectivity index (χ1) is 8.42. The molecule has 2 amide bonds. The summed E-state index contributed by atoms with van der Waals surface area (Å²) in [6.07, 6.45) is -0.0748. The number of amides is 2. The highest BCUT2D eigenvalue weighted by Crippen LogP contribution is 2.26. The van der Waals surface area contributed by atoms with Crippen LogP contribution in [-0.2, 0) is 23.9 Å². The summed E-state index contributed by atoms with van der Waals surface area (Å²) in [5, 5.41) is 0. The molecule has 0 spiro atoms. The Kier molecular flexibility index (Phi) is 4.41. The van der Waals surface area contributed by atoms with Gasteiger partial charge in [-0.3, -0.25) is 14.4 Å². The molecule has 0 aliphatic carbocycles. The van der Waals surface area contributed by atoms with E-state index in [0.29, 0.717) is 6.42 Å². The average Bonchev–Trinajstić information content (AvgIpc) is 2.30. The lowest BCUT2D eigenvalue weighted by Gasteiger charge is -2.42. The van der Waals surface area contributed by atoms with Gasteiger partial charge in [0.25, 0.3) is 0 Å². The summed E-state index contributed by atoms with van der Waals surface area (Å²) in [6.45, 7) is 1.70. The van der Waals surface area contributed by atoms with Gasteiger partial charge in [-0.2, -0.15) is 0 Å². The molecule has 2 atom stereocenters. The third-order valence-corrected chi connectivity index (χ3v) is 2.91. The molecule has 0 bridgehead atoms. The molecule has 7 nitrogen and oxygen atoms in total. The van der Waals surface area contributed by atoms with Crippen LogP contribution in [0.4, 0.5) is 0 Å². The number of rotatable bonds is 6. The first-order valence-corrected chi connectivity index (χ1v) is 5.62. The molecule has 0 radical (unpaired) electrons. The summed E-state index contributed by atoms with van der Waals surface area (Å²) in [4.78, 5) is 46.6. The van der Waals surface area contributed by atoms with Crippen LogP contribution in [0.25, 0.3) is 0 Å². The van der Waals surface area contributed by atoms with Crippen molar-refractivity contribution in [2.45, 2.75) is 38.3 Å². The summed E-state index contributed by atoms with van der Waals surface area (Å²) >= 11 is 0. The number of β-lactam (4-membered cyclic amide) rings is 1. The minimum absolute atomic E-state index is 0.0347. The highest BCUT2D eigenvalue weighted by Gasteiger charge is 2.47. The van der Waals surface area contributed by atoms with E-state index in [0.717, 1.165) is 0 Å². The zero-order valence-corrected chi connectivity index (χ0v) is 10.3. The Morgan fingerprint density at radius 3 is 2.50 bits per heavy atom. The molecule has 0 aromatic rings. The molecule has 0 unspecified atom stereocenters. The van der Waals surface area contributed by atoms with E-state index in [1.165, 1.54) is 12.0 Å². The number of methoxy groups -OCH3 is 1. The van der Waals surface area contributed by atoms with Crippen LogP contribution in [0, 0.1) is 0 Å². The summed E-state index contributed by atoms with van der Waals surface area (Å²) < 4.78 is 4.55. The molecule has 1 aliphatic rings. The maximum absolute atomic E-state index is 11.8. The van der Waals surface area contributed by atoms with Crippen LogP contribution in [0.5, 0.6) is 0 Å². The van der Waals surface area contributed by atoms with Gasteiger partial charge in [0.05, 0.1) is 26.0 Å². The minimum Gasteiger partial charge on any atom is -0.467 e. The van der Waals surface area contributed by atoms with Crippen LogP contribution in [0.1, 0.15) is 26.2 Å². The third kappa shape index (κ3) is 2.66. The number of hydrogen-bond donors (Lipinski definition) is 1. The van der Waals surface area contributed by atoms with E-state index in [4.69, 9.17) is 5.73 Å².